The quantitative estimate of drug-likeness (QED) is 0.684. The van der Waals surface area contributed by atoms with Gasteiger partial charge in [0.25, 0.3) is 5.91 Å². The minimum Gasteiger partial charge on any atom is -0.370 e. The monoisotopic (exact) mass is 416 g/mol. The third kappa shape index (κ3) is 4.82. The Hall–Kier alpha value is -2.66. The van der Waals surface area contributed by atoms with Crippen molar-refractivity contribution in [2.75, 3.05) is 31.1 Å². The molecule has 2 fully saturated rings. The van der Waals surface area contributed by atoms with Crippen LogP contribution in [0.25, 0.3) is 6.08 Å². The zero-order valence-electron chi connectivity index (χ0n) is 18.2. The Labute approximate surface area is 184 Å². The van der Waals surface area contributed by atoms with E-state index in [2.05, 4.69) is 44.8 Å². The summed E-state index contributed by atoms with van der Waals surface area (Å²) in [6.45, 7) is 4.77. The minimum atomic E-state index is -0.0620. The number of nitrogens with zero attached hydrogens (tertiary/aromatic N) is 2. The van der Waals surface area contributed by atoms with Crippen molar-refractivity contribution in [3.63, 3.8) is 0 Å². The van der Waals surface area contributed by atoms with Crippen LogP contribution in [-0.4, -0.2) is 37.1 Å². The number of hydrogen-bond acceptors (Lipinski definition) is 4. The smallest absolute Gasteiger partial charge is 0.253 e. The fourth-order valence-electron chi connectivity index (χ4n) is 4.81. The average molecular weight is 417 g/mol. The van der Waals surface area contributed by atoms with Crippen molar-refractivity contribution in [2.45, 2.75) is 45.1 Å². The lowest BCUT2D eigenvalue weighted by atomic mass is 9.85. The maximum absolute atomic E-state index is 12.7. The summed E-state index contributed by atoms with van der Waals surface area (Å²) in [5.74, 6) is 0.832. The fraction of sp³-hybridized carbons (Fsp3) is 0.462. The molecule has 1 saturated carbocycles. The Morgan fingerprint density at radius 1 is 1.06 bits per heavy atom. The molecule has 2 aliphatic carbocycles. The number of fused-ring (bicyclic) bond motifs is 1. The molecule has 1 aromatic carbocycles. The first-order valence-electron chi connectivity index (χ1n) is 11.7. The molecule has 5 heteroatoms. The largest absolute Gasteiger partial charge is 0.370 e. The molecule has 1 aliphatic heterocycles. The highest BCUT2D eigenvalue weighted by Gasteiger charge is 2.18. The van der Waals surface area contributed by atoms with E-state index in [9.17, 15) is 4.79 Å². The Morgan fingerprint density at radius 2 is 1.94 bits per heavy atom. The Morgan fingerprint density at radius 3 is 2.74 bits per heavy atom. The lowest BCUT2D eigenvalue weighted by molar-refractivity contribution is 0.0950. The number of pyridine rings is 1. The zero-order valence-corrected chi connectivity index (χ0v) is 18.2. The number of amides is 1. The first-order chi connectivity index (χ1) is 15.2. The van der Waals surface area contributed by atoms with Gasteiger partial charge in [-0.1, -0.05) is 36.3 Å². The van der Waals surface area contributed by atoms with Crippen LogP contribution in [-0.2, 0) is 13.0 Å². The van der Waals surface area contributed by atoms with Crippen LogP contribution in [0.4, 0.5) is 5.69 Å². The summed E-state index contributed by atoms with van der Waals surface area (Å²) in [5.41, 5.74) is 6.97. The van der Waals surface area contributed by atoms with Crippen molar-refractivity contribution in [1.29, 1.82) is 0 Å². The lowest BCUT2D eigenvalue weighted by Gasteiger charge is -2.25. The number of nitrogens with one attached hydrogen (secondary N) is 2. The van der Waals surface area contributed by atoms with Gasteiger partial charge in [0.15, 0.2) is 0 Å². The number of hydrogen-bond donors (Lipinski definition) is 2. The van der Waals surface area contributed by atoms with Crippen molar-refractivity contribution in [3.05, 3.63) is 64.5 Å². The number of rotatable bonds is 8. The SMILES string of the molecule is O=C(NCc1ccc2c(c1)CC(CNCC1CCC1)=C2)c1cncc(N2CCCC2)c1. The van der Waals surface area contributed by atoms with Gasteiger partial charge in [0.05, 0.1) is 17.4 Å². The number of carbonyl (C=O) groups is 1. The van der Waals surface area contributed by atoms with Crippen molar-refractivity contribution in [2.24, 2.45) is 5.92 Å². The summed E-state index contributed by atoms with van der Waals surface area (Å²) < 4.78 is 0. The second-order valence-electron chi connectivity index (χ2n) is 9.25. The third-order valence-electron chi connectivity index (χ3n) is 6.90. The van der Waals surface area contributed by atoms with E-state index in [-0.39, 0.29) is 5.91 Å². The highest BCUT2D eigenvalue weighted by molar-refractivity contribution is 5.94. The van der Waals surface area contributed by atoms with Gasteiger partial charge in [0, 0.05) is 32.4 Å². The molecular weight excluding hydrogens is 384 g/mol. The average Bonchev–Trinajstić information content (AvgIpc) is 3.43. The van der Waals surface area contributed by atoms with Crippen LogP contribution in [0.3, 0.4) is 0 Å². The van der Waals surface area contributed by atoms with Gasteiger partial charge < -0.3 is 15.5 Å². The molecule has 0 unspecified atom stereocenters. The van der Waals surface area contributed by atoms with Gasteiger partial charge in [-0.15, -0.1) is 0 Å². The summed E-state index contributed by atoms with van der Waals surface area (Å²) in [6, 6.07) is 8.51. The van der Waals surface area contributed by atoms with Gasteiger partial charge in [-0.3, -0.25) is 9.78 Å². The van der Waals surface area contributed by atoms with Crippen molar-refractivity contribution in [1.82, 2.24) is 15.6 Å². The van der Waals surface area contributed by atoms with Gasteiger partial charge in [0.2, 0.25) is 0 Å². The minimum absolute atomic E-state index is 0.0620. The van der Waals surface area contributed by atoms with Crippen molar-refractivity contribution in [3.8, 4) is 0 Å². The predicted molar refractivity (Wildman–Crippen MR) is 125 cm³/mol. The van der Waals surface area contributed by atoms with E-state index in [1.165, 1.54) is 48.8 Å². The van der Waals surface area contributed by atoms with Gasteiger partial charge in [-0.05, 0) is 67.3 Å². The van der Waals surface area contributed by atoms with E-state index in [1.54, 1.807) is 6.20 Å². The normalized spacial score (nSPS) is 17.9. The number of carbonyl (C=O) groups excluding carboxylic acids is 1. The number of benzene rings is 1. The molecule has 1 aromatic heterocycles. The molecule has 1 amide bonds. The molecule has 5 nitrogen and oxygen atoms in total. The van der Waals surface area contributed by atoms with Crippen molar-refractivity contribution >= 4 is 17.7 Å². The summed E-state index contributed by atoms with van der Waals surface area (Å²) in [5, 5.41) is 6.70. The molecule has 162 valence electrons. The summed E-state index contributed by atoms with van der Waals surface area (Å²) in [4.78, 5) is 19.3. The third-order valence-corrected chi connectivity index (χ3v) is 6.90. The topological polar surface area (TPSA) is 57.3 Å². The zero-order chi connectivity index (χ0) is 21.0. The summed E-state index contributed by atoms with van der Waals surface area (Å²) in [7, 11) is 0. The molecule has 2 N–H and O–H groups in total. The Kier molecular flexibility index (Phi) is 6.03. The van der Waals surface area contributed by atoms with Crippen LogP contribution in [0.5, 0.6) is 0 Å². The molecule has 1 saturated heterocycles. The van der Waals surface area contributed by atoms with Gasteiger partial charge in [-0.25, -0.2) is 0 Å². The number of anilines is 1. The van der Waals surface area contributed by atoms with E-state index in [0.29, 0.717) is 12.1 Å². The van der Waals surface area contributed by atoms with Crippen LogP contribution >= 0.6 is 0 Å². The lowest BCUT2D eigenvalue weighted by Crippen LogP contribution is -2.28. The Bertz CT molecular complexity index is 973. The molecule has 3 aliphatic rings. The maximum Gasteiger partial charge on any atom is 0.253 e. The molecule has 0 spiro atoms. The number of aromatic nitrogens is 1. The molecule has 0 bridgehead atoms. The summed E-state index contributed by atoms with van der Waals surface area (Å²) >= 11 is 0. The maximum atomic E-state index is 12.7. The second-order valence-corrected chi connectivity index (χ2v) is 9.25. The van der Waals surface area contributed by atoms with Crippen LogP contribution in [0.1, 0.15) is 59.2 Å². The van der Waals surface area contributed by atoms with E-state index in [4.69, 9.17) is 0 Å². The van der Waals surface area contributed by atoms with Gasteiger partial charge in [0.1, 0.15) is 0 Å². The van der Waals surface area contributed by atoms with Gasteiger partial charge in [-0.2, -0.15) is 0 Å². The molecule has 5 rings (SSSR count). The highest BCUT2D eigenvalue weighted by atomic mass is 16.1. The molecule has 2 heterocycles. The van der Waals surface area contributed by atoms with E-state index in [0.717, 1.165) is 49.8 Å². The van der Waals surface area contributed by atoms with Crippen LogP contribution < -0.4 is 15.5 Å². The molecule has 31 heavy (non-hydrogen) atoms. The molecule has 0 atom stereocenters. The van der Waals surface area contributed by atoms with E-state index in [1.807, 2.05) is 12.3 Å². The van der Waals surface area contributed by atoms with E-state index < -0.39 is 0 Å². The van der Waals surface area contributed by atoms with E-state index >= 15 is 0 Å². The summed E-state index contributed by atoms with van der Waals surface area (Å²) in [6.07, 6.45) is 13.4. The predicted octanol–water partition coefficient (Wildman–Crippen LogP) is 3.94. The fourth-order valence-corrected chi connectivity index (χ4v) is 4.81. The Balaban J connectivity index is 1.13. The van der Waals surface area contributed by atoms with Crippen LogP contribution in [0, 0.1) is 5.92 Å². The standard InChI is InChI=1S/C26H32N4O/c31-26(24-13-25(18-28-17-24)30-8-1-2-9-30)29-16-20-6-7-22-11-21(12-23(22)10-20)15-27-14-19-4-3-5-19/h6-7,10-11,13,17-19,27H,1-5,8-9,12,14-16H2,(H,29,31). The van der Waals surface area contributed by atoms with Crippen molar-refractivity contribution < 1.29 is 4.79 Å². The first-order valence-corrected chi connectivity index (χ1v) is 11.7. The van der Waals surface area contributed by atoms with Crippen LogP contribution in [0.15, 0.2) is 42.2 Å². The van der Waals surface area contributed by atoms with Gasteiger partial charge >= 0.3 is 0 Å². The second kappa shape index (κ2) is 9.23. The first kappa shape index (κ1) is 20.3. The highest BCUT2D eigenvalue weighted by Crippen LogP contribution is 2.27. The van der Waals surface area contributed by atoms with Crippen LogP contribution in [0.2, 0.25) is 0 Å². The molecule has 0 radical (unpaired) electrons. The molecule has 2 aromatic rings. The molecular formula is C26H32N4O.